The summed E-state index contributed by atoms with van der Waals surface area (Å²) in [7, 11) is 0. The van der Waals surface area contributed by atoms with Crippen molar-refractivity contribution in [2.45, 2.75) is 26.8 Å². The minimum absolute atomic E-state index is 0.0141. The lowest BCUT2D eigenvalue weighted by molar-refractivity contribution is -0.384. The Morgan fingerprint density at radius 1 is 1.10 bits per heavy atom. The van der Waals surface area contributed by atoms with Gasteiger partial charge in [-0.05, 0) is 37.1 Å². The Morgan fingerprint density at radius 3 is 2.29 bits per heavy atom. The van der Waals surface area contributed by atoms with Crippen LogP contribution in [0.15, 0.2) is 44.7 Å². The number of rotatable bonds is 6. The van der Waals surface area contributed by atoms with Crippen molar-refractivity contribution in [3.63, 3.8) is 0 Å². The van der Waals surface area contributed by atoms with Gasteiger partial charge in [-0.25, -0.2) is 23.5 Å². The average Bonchev–Trinajstić information content (AvgIpc) is 2.68. The van der Waals surface area contributed by atoms with E-state index in [1.807, 2.05) is 0 Å². The van der Waals surface area contributed by atoms with Gasteiger partial charge < -0.3 is 4.74 Å². The number of nitro benzene ring substituents is 1. The topological polar surface area (TPSA) is 129 Å². The lowest BCUT2D eigenvalue weighted by atomic mass is 10.2. The fraction of sp³-hybridized carbons (Fsp3) is 0.211. The molecule has 0 aliphatic rings. The van der Waals surface area contributed by atoms with Gasteiger partial charge in [0.25, 0.3) is 5.69 Å². The first-order valence-corrected chi connectivity index (χ1v) is 9.78. The second-order valence-electron chi connectivity index (χ2n) is 6.55. The summed E-state index contributed by atoms with van der Waals surface area (Å²) in [5.41, 5.74) is -2.15. The monoisotopic (exact) mass is 466 g/mol. The number of aryl methyl sites for hydroxylation is 1. The smallest absolute Gasteiger partial charge is 0.340 e. The molecule has 3 rings (SSSR count). The maximum absolute atomic E-state index is 12.7. The number of hydrogen-bond acceptors (Lipinski definition) is 6. The first kappa shape index (κ1) is 22.3. The summed E-state index contributed by atoms with van der Waals surface area (Å²) < 4.78 is 7.37. The lowest BCUT2D eigenvalue weighted by Crippen LogP contribution is -2.48. The van der Waals surface area contributed by atoms with E-state index in [4.69, 9.17) is 27.9 Å². The van der Waals surface area contributed by atoms with Crippen LogP contribution in [0.2, 0.25) is 10.0 Å². The van der Waals surface area contributed by atoms with E-state index >= 15 is 0 Å². The Kier molecular flexibility index (Phi) is 6.32. The maximum Gasteiger partial charge on any atom is 0.340 e. The van der Waals surface area contributed by atoms with Gasteiger partial charge in [0.15, 0.2) is 5.75 Å². The van der Waals surface area contributed by atoms with E-state index in [1.165, 1.54) is 30.3 Å². The second-order valence-corrected chi connectivity index (χ2v) is 7.37. The summed E-state index contributed by atoms with van der Waals surface area (Å²) in [4.78, 5) is 49.3. The third kappa shape index (κ3) is 4.39. The van der Waals surface area contributed by atoms with Gasteiger partial charge in [0, 0.05) is 18.7 Å². The highest BCUT2D eigenvalue weighted by molar-refractivity contribution is 6.37. The summed E-state index contributed by atoms with van der Waals surface area (Å²) in [5.74, 6) is 0.323. The van der Waals surface area contributed by atoms with E-state index in [2.05, 4.69) is 4.98 Å². The molecule has 0 fully saturated rings. The van der Waals surface area contributed by atoms with Gasteiger partial charge >= 0.3 is 17.1 Å². The highest BCUT2D eigenvalue weighted by atomic mass is 35.5. The van der Waals surface area contributed by atoms with Crippen molar-refractivity contribution in [3.05, 3.63) is 87.5 Å². The molecular weight excluding hydrogens is 451 g/mol. The molecule has 162 valence electrons. The zero-order valence-electron chi connectivity index (χ0n) is 16.3. The summed E-state index contributed by atoms with van der Waals surface area (Å²) in [6, 6.07) is 6.60. The summed E-state index contributed by atoms with van der Waals surface area (Å²) in [6.45, 7) is 3.52. The molecule has 0 saturated carbocycles. The first-order valence-electron chi connectivity index (χ1n) is 9.02. The molecule has 0 spiro atoms. The Hall–Kier alpha value is -3.37. The van der Waals surface area contributed by atoms with Gasteiger partial charge in [0.2, 0.25) is 0 Å². The molecular formula is C19H16Cl2N4O6. The largest absolute Gasteiger partial charge is 0.454 e. The fourth-order valence-electron chi connectivity index (χ4n) is 2.90. The Morgan fingerprint density at radius 2 is 1.74 bits per heavy atom. The first-order chi connectivity index (χ1) is 14.6. The number of aromatic nitrogens is 3. The predicted molar refractivity (Wildman–Crippen MR) is 115 cm³/mol. The molecule has 3 aromatic rings. The van der Waals surface area contributed by atoms with Crippen LogP contribution in [0.3, 0.4) is 0 Å². The van der Waals surface area contributed by atoms with Gasteiger partial charge in [0.05, 0.1) is 20.7 Å². The molecule has 1 N–H and O–H groups in total. The van der Waals surface area contributed by atoms with Crippen LogP contribution >= 0.6 is 23.2 Å². The molecule has 31 heavy (non-hydrogen) atoms. The maximum atomic E-state index is 12.7. The molecule has 0 radical (unpaired) electrons. The van der Waals surface area contributed by atoms with Crippen LogP contribution in [0.1, 0.15) is 18.9 Å². The molecule has 0 aliphatic heterocycles. The second kappa shape index (κ2) is 8.78. The zero-order chi connectivity index (χ0) is 22.9. The zero-order valence-corrected chi connectivity index (χ0v) is 17.9. The molecule has 0 amide bonds. The molecule has 0 aliphatic carbocycles. The van der Waals surface area contributed by atoms with Gasteiger partial charge in [0.1, 0.15) is 5.75 Å². The van der Waals surface area contributed by atoms with Crippen LogP contribution in [0.5, 0.6) is 11.5 Å². The van der Waals surface area contributed by atoms with E-state index in [-0.39, 0.29) is 39.5 Å². The fourth-order valence-corrected chi connectivity index (χ4v) is 3.46. The molecule has 1 aromatic heterocycles. The van der Waals surface area contributed by atoms with Crippen LogP contribution in [-0.4, -0.2) is 19.0 Å². The minimum atomic E-state index is -0.936. The normalized spacial score (nSPS) is 10.8. The molecule has 10 nitrogen and oxygen atoms in total. The van der Waals surface area contributed by atoms with Crippen LogP contribution in [0.25, 0.3) is 5.69 Å². The van der Waals surface area contributed by atoms with Gasteiger partial charge in [-0.3, -0.25) is 15.1 Å². The number of ether oxygens (including phenoxy) is 1. The van der Waals surface area contributed by atoms with Crippen molar-refractivity contribution in [2.24, 2.45) is 0 Å². The molecule has 0 atom stereocenters. The summed E-state index contributed by atoms with van der Waals surface area (Å²) in [5, 5.41) is 10.9. The van der Waals surface area contributed by atoms with Crippen molar-refractivity contribution < 1.29 is 9.66 Å². The SMILES string of the molecule is CCCn1c(=O)[nH]c(=O)n(-c2cc(Cl)c(Oc3ccc([N+](=O)[O-])cc3C)c(Cl)c2)c1=O. The number of nitro groups is 1. The molecule has 0 unspecified atom stereocenters. The van der Waals surface area contributed by atoms with Gasteiger partial charge in [-0.2, -0.15) is 0 Å². The molecule has 12 heteroatoms. The number of aromatic amines is 1. The molecule has 0 saturated heterocycles. The van der Waals surface area contributed by atoms with E-state index in [0.29, 0.717) is 12.0 Å². The van der Waals surface area contributed by atoms with Crippen LogP contribution in [-0.2, 0) is 6.54 Å². The highest BCUT2D eigenvalue weighted by Crippen LogP contribution is 2.39. The third-order valence-corrected chi connectivity index (χ3v) is 4.92. The highest BCUT2D eigenvalue weighted by Gasteiger charge is 2.18. The lowest BCUT2D eigenvalue weighted by Gasteiger charge is -2.14. The van der Waals surface area contributed by atoms with Crippen molar-refractivity contribution in [2.75, 3.05) is 0 Å². The quantitative estimate of drug-likeness (QED) is 0.437. The third-order valence-electron chi connectivity index (χ3n) is 4.35. The van der Waals surface area contributed by atoms with Gasteiger partial charge in [-0.1, -0.05) is 30.1 Å². The van der Waals surface area contributed by atoms with Crippen LogP contribution in [0, 0.1) is 17.0 Å². The minimum Gasteiger partial charge on any atom is -0.454 e. The number of benzene rings is 2. The summed E-state index contributed by atoms with van der Waals surface area (Å²) >= 11 is 12.6. The number of halogens is 2. The summed E-state index contributed by atoms with van der Waals surface area (Å²) in [6.07, 6.45) is 0.504. The van der Waals surface area contributed by atoms with Crippen LogP contribution in [0.4, 0.5) is 5.69 Å². The van der Waals surface area contributed by atoms with Crippen molar-refractivity contribution >= 4 is 28.9 Å². The molecule has 0 bridgehead atoms. The van der Waals surface area contributed by atoms with E-state index in [0.717, 1.165) is 9.13 Å². The number of hydrogen-bond donors (Lipinski definition) is 1. The van der Waals surface area contributed by atoms with Crippen molar-refractivity contribution in [3.8, 4) is 17.2 Å². The Labute approximate surface area is 184 Å². The predicted octanol–water partition coefficient (Wildman–Crippen LogP) is 3.41. The average molecular weight is 467 g/mol. The van der Waals surface area contributed by atoms with E-state index in [9.17, 15) is 24.5 Å². The number of nitrogens with zero attached hydrogens (tertiary/aromatic N) is 3. The Balaban J connectivity index is 2.08. The van der Waals surface area contributed by atoms with E-state index in [1.54, 1.807) is 13.8 Å². The van der Waals surface area contributed by atoms with Gasteiger partial charge in [-0.15, -0.1) is 0 Å². The molecule has 1 heterocycles. The van der Waals surface area contributed by atoms with Crippen molar-refractivity contribution in [1.29, 1.82) is 0 Å². The molecule has 2 aromatic carbocycles. The Bertz CT molecular complexity index is 1340. The standard InChI is InChI=1S/C19H16Cl2N4O6/c1-3-6-23-17(26)22-18(27)24(19(23)28)12-8-13(20)16(14(21)9-12)31-15-5-4-11(25(29)30)7-10(15)2/h4-5,7-9H,3,6H2,1-2H3,(H,22,26,27). The van der Waals surface area contributed by atoms with Crippen molar-refractivity contribution in [1.82, 2.24) is 14.1 Å². The number of non-ortho nitro benzene ring substituents is 1. The number of H-pyrrole nitrogens is 1. The van der Waals surface area contributed by atoms with Crippen LogP contribution < -0.4 is 21.8 Å². The number of nitrogens with one attached hydrogen (secondary N) is 1. The van der Waals surface area contributed by atoms with E-state index < -0.39 is 22.0 Å².